The number of rotatable bonds is 6. The first-order chi connectivity index (χ1) is 10.9. The summed E-state index contributed by atoms with van der Waals surface area (Å²) in [5.41, 5.74) is 2.47. The van der Waals surface area contributed by atoms with Gasteiger partial charge in [-0.1, -0.05) is 66.7 Å². The number of nitrogens with one attached hydrogen (secondary N) is 1. The molecule has 3 rings (SSSR count). The van der Waals surface area contributed by atoms with E-state index >= 15 is 0 Å². The van der Waals surface area contributed by atoms with Crippen molar-refractivity contribution in [3.05, 3.63) is 96.6 Å². The fourth-order valence-electron chi connectivity index (χ4n) is 2.34. The summed E-state index contributed by atoms with van der Waals surface area (Å²) >= 11 is 1.88. The Bertz CT molecular complexity index is 668. The Kier molecular flexibility index (Phi) is 5.17. The number of anilines is 1. The van der Waals surface area contributed by atoms with E-state index in [-0.39, 0.29) is 6.04 Å². The van der Waals surface area contributed by atoms with Crippen molar-refractivity contribution < 1.29 is 0 Å². The zero-order chi connectivity index (χ0) is 15.0. The van der Waals surface area contributed by atoms with E-state index in [1.165, 1.54) is 10.5 Å². The Labute approximate surface area is 136 Å². The number of hydrogen-bond donors (Lipinski definition) is 1. The lowest BCUT2D eigenvalue weighted by molar-refractivity contribution is 0.898. The van der Waals surface area contributed by atoms with Gasteiger partial charge < -0.3 is 5.32 Å². The van der Waals surface area contributed by atoms with E-state index in [4.69, 9.17) is 0 Å². The average Bonchev–Trinajstić information content (AvgIpc) is 2.61. The lowest BCUT2D eigenvalue weighted by atomic mass is 10.1. The third-order valence-electron chi connectivity index (χ3n) is 3.48. The fraction of sp³-hybridized carbons (Fsp3) is 0.100. The second-order valence-electron chi connectivity index (χ2n) is 5.10. The summed E-state index contributed by atoms with van der Waals surface area (Å²) in [4.78, 5) is 1.30. The van der Waals surface area contributed by atoms with Gasteiger partial charge in [0.1, 0.15) is 0 Å². The first-order valence-corrected chi connectivity index (χ1v) is 8.45. The maximum atomic E-state index is 3.64. The van der Waals surface area contributed by atoms with Crippen molar-refractivity contribution in [2.24, 2.45) is 0 Å². The molecule has 0 radical (unpaired) electrons. The zero-order valence-corrected chi connectivity index (χ0v) is 13.2. The van der Waals surface area contributed by atoms with Gasteiger partial charge in [0.2, 0.25) is 0 Å². The maximum Gasteiger partial charge on any atom is 0.0607 e. The van der Waals surface area contributed by atoms with E-state index < -0.39 is 0 Å². The van der Waals surface area contributed by atoms with Crippen molar-refractivity contribution in [3.8, 4) is 0 Å². The van der Waals surface area contributed by atoms with Gasteiger partial charge in [0.25, 0.3) is 0 Å². The van der Waals surface area contributed by atoms with Crippen LogP contribution >= 0.6 is 11.8 Å². The van der Waals surface area contributed by atoms with Crippen LogP contribution in [-0.4, -0.2) is 5.75 Å². The molecule has 0 aromatic heterocycles. The molecule has 0 heterocycles. The van der Waals surface area contributed by atoms with Gasteiger partial charge in [-0.3, -0.25) is 0 Å². The molecule has 110 valence electrons. The number of benzene rings is 3. The molecular weight excluding hydrogens is 286 g/mol. The summed E-state index contributed by atoms with van der Waals surface area (Å²) in [6.07, 6.45) is 0. The molecule has 0 bridgehead atoms. The summed E-state index contributed by atoms with van der Waals surface area (Å²) in [5, 5.41) is 3.64. The zero-order valence-electron chi connectivity index (χ0n) is 12.4. The number of thioether (sulfide) groups is 1. The molecule has 1 atom stereocenters. The highest BCUT2D eigenvalue weighted by atomic mass is 32.2. The van der Waals surface area contributed by atoms with Crippen LogP contribution in [-0.2, 0) is 0 Å². The van der Waals surface area contributed by atoms with Crippen molar-refractivity contribution in [1.82, 2.24) is 0 Å². The highest BCUT2D eigenvalue weighted by Crippen LogP contribution is 2.27. The predicted octanol–water partition coefficient (Wildman–Crippen LogP) is 5.63. The molecule has 0 saturated heterocycles. The molecule has 0 fully saturated rings. The monoisotopic (exact) mass is 305 g/mol. The normalized spacial score (nSPS) is 11.8. The number of hydrogen-bond acceptors (Lipinski definition) is 2. The Morgan fingerprint density at radius 3 is 1.86 bits per heavy atom. The van der Waals surface area contributed by atoms with Crippen LogP contribution in [0.3, 0.4) is 0 Å². The van der Waals surface area contributed by atoms with Crippen molar-refractivity contribution in [2.45, 2.75) is 10.9 Å². The van der Waals surface area contributed by atoms with Crippen molar-refractivity contribution in [3.63, 3.8) is 0 Å². The second kappa shape index (κ2) is 7.71. The highest BCUT2D eigenvalue weighted by molar-refractivity contribution is 7.99. The largest absolute Gasteiger partial charge is 0.377 e. The highest BCUT2D eigenvalue weighted by Gasteiger charge is 2.11. The van der Waals surface area contributed by atoms with E-state index in [2.05, 4.69) is 90.2 Å². The molecule has 3 aromatic rings. The molecule has 1 nitrogen and oxygen atoms in total. The minimum absolute atomic E-state index is 0.286. The van der Waals surface area contributed by atoms with Gasteiger partial charge in [-0.15, -0.1) is 11.8 Å². The molecule has 3 aromatic carbocycles. The molecule has 0 spiro atoms. The fourth-order valence-corrected chi connectivity index (χ4v) is 3.32. The van der Waals surface area contributed by atoms with Gasteiger partial charge in [-0.25, -0.2) is 0 Å². The van der Waals surface area contributed by atoms with E-state index in [1.54, 1.807) is 0 Å². The average molecular weight is 305 g/mol. The summed E-state index contributed by atoms with van der Waals surface area (Å²) in [6.45, 7) is 0. The molecular formula is C20H19NS. The molecule has 22 heavy (non-hydrogen) atoms. The smallest absolute Gasteiger partial charge is 0.0607 e. The lowest BCUT2D eigenvalue weighted by Crippen LogP contribution is -2.13. The number of para-hydroxylation sites is 1. The van der Waals surface area contributed by atoms with Gasteiger partial charge in [0.15, 0.2) is 0 Å². The minimum atomic E-state index is 0.286. The third-order valence-corrected chi connectivity index (χ3v) is 4.58. The summed E-state index contributed by atoms with van der Waals surface area (Å²) in [5.74, 6) is 0.989. The third kappa shape index (κ3) is 4.15. The molecule has 2 heteroatoms. The molecule has 1 unspecified atom stereocenters. The maximum absolute atomic E-state index is 3.64. The van der Waals surface area contributed by atoms with Crippen molar-refractivity contribution >= 4 is 17.4 Å². The molecule has 0 aliphatic rings. The Balaban J connectivity index is 1.74. The van der Waals surface area contributed by atoms with Crippen LogP contribution in [0, 0.1) is 0 Å². The van der Waals surface area contributed by atoms with E-state index in [0.29, 0.717) is 0 Å². The second-order valence-corrected chi connectivity index (χ2v) is 6.19. The van der Waals surface area contributed by atoms with Gasteiger partial charge in [-0.05, 0) is 29.8 Å². The van der Waals surface area contributed by atoms with E-state index in [0.717, 1.165) is 11.4 Å². The van der Waals surface area contributed by atoms with Gasteiger partial charge in [0.05, 0.1) is 6.04 Å². The minimum Gasteiger partial charge on any atom is -0.377 e. The topological polar surface area (TPSA) is 12.0 Å². The SMILES string of the molecule is c1ccc(NC(CSc2ccccc2)c2ccccc2)cc1. The van der Waals surface area contributed by atoms with Crippen LogP contribution < -0.4 is 5.32 Å². The Morgan fingerprint density at radius 1 is 0.682 bits per heavy atom. The first kappa shape index (κ1) is 14.7. The van der Waals surface area contributed by atoms with Gasteiger partial charge in [0, 0.05) is 16.3 Å². The molecule has 0 aliphatic heterocycles. The molecule has 0 saturated carbocycles. The molecule has 0 amide bonds. The van der Waals surface area contributed by atoms with Crippen molar-refractivity contribution in [1.29, 1.82) is 0 Å². The van der Waals surface area contributed by atoms with Crippen LogP contribution in [0.25, 0.3) is 0 Å². The van der Waals surface area contributed by atoms with E-state index in [9.17, 15) is 0 Å². The quantitative estimate of drug-likeness (QED) is 0.592. The van der Waals surface area contributed by atoms with Crippen LogP contribution in [0.15, 0.2) is 95.9 Å². The van der Waals surface area contributed by atoms with E-state index in [1.807, 2.05) is 17.8 Å². The molecule has 0 aliphatic carbocycles. The van der Waals surface area contributed by atoms with Gasteiger partial charge >= 0.3 is 0 Å². The standard InChI is InChI=1S/C20H19NS/c1-4-10-17(11-5-1)20(21-18-12-6-2-7-13-18)16-22-19-14-8-3-9-15-19/h1-15,20-21H,16H2. The van der Waals surface area contributed by atoms with Gasteiger partial charge in [-0.2, -0.15) is 0 Å². The summed E-state index contributed by atoms with van der Waals surface area (Å²) in [6, 6.07) is 31.9. The first-order valence-electron chi connectivity index (χ1n) is 7.46. The van der Waals surface area contributed by atoms with Crippen LogP contribution in [0.1, 0.15) is 11.6 Å². The van der Waals surface area contributed by atoms with Crippen molar-refractivity contribution in [2.75, 3.05) is 11.1 Å². The lowest BCUT2D eigenvalue weighted by Gasteiger charge is -2.20. The van der Waals surface area contributed by atoms with Crippen LogP contribution in [0.2, 0.25) is 0 Å². The molecule has 1 N–H and O–H groups in total. The summed E-state index contributed by atoms with van der Waals surface area (Å²) < 4.78 is 0. The Morgan fingerprint density at radius 2 is 1.23 bits per heavy atom. The van der Waals surface area contributed by atoms with Crippen LogP contribution in [0.4, 0.5) is 5.69 Å². The Hall–Kier alpha value is -2.19. The predicted molar refractivity (Wildman–Crippen MR) is 96.4 cm³/mol. The summed E-state index contributed by atoms with van der Waals surface area (Å²) in [7, 11) is 0. The van der Waals surface area contributed by atoms with Crippen LogP contribution in [0.5, 0.6) is 0 Å².